The zero-order chi connectivity index (χ0) is 12.8. The van der Waals surface area contributed by atoms with Crippen LogP contribution in [0, 0.1) is 0 Å². The standard InChI is InChI=1S/C14H13BrN2O/c15-11-5-4-8-13(9-11)16-10-14(18)17-12-6-2-1-3-7-12/h1-9,16H,10H2,(H,17,18). The van der Waals surface area contributed by atoms with Gasteiger partial charge in [-0.05, 0) is 30.3 Å². The van der Waals surface area contributed by atoms with E-state index in [4.69, 9.17) is 0 Å². The zero-order valence-electron chi connectivity index (χ0n) is 9.69. The van der Waals surface area contributed by atoms with E-state index in [2.05, 4.69) is 26.6 Å². The molecule has 0 aliphatic heterocycles. The molecule has 0 bridgehead atoms. The van der Waals surface area contributed by atoms with Crippen LogP contribution in [0.5, 0.6) is 0 Å². The van der Waals surface area contributed by atoms with Gasteiger partial charge in [-0.25, -0.2) is 0 Å². The minimum Gasteiger partial charge on any atom is -0.376 e. The topological polar surface area (TPSA) is 41.1 Å². The summed E-state index contributed by atoms with van der Waals surface area (Å²) in [6.45, 7) is 0.241. The van der Waals surface area contributed by atoms with E-state index < -0.39 is 0 Å². The summed E-state index contributed by atoms with van der Waals surface area (Å²) in [7, 11) is 0. The van der Waals surface area contributed by atoms with E-state index in [0.717, 1.165) is 15.8 Å². The van der Waals surface area contributed by atoms with E-state index in [1.807, 2.05) is 54.6 Å². The lowest BCUT2D eigenvalue weighted by atomic mass is 10.3. The number of anilines is 2. The first-order valence-corrected chi connectivity index (χ1v) is 6.38. The fraction of sp³-hybridized carbons (Fsp3) is 0.0714. The molecular weight excluding hydrogens is 292 g/mol. The van der Waals surface area contributed by atoms with Gasteiger partial charge >= 0.3 is 0 Å². The third-order valence-electron chi connectivity index (χ3n) is 2.34. The Bertz CT molecular complexity index is 528. The third-order valence-corrected chi connectivity index (χ3v) is 2.83. The molecule has 0 aromatic heterocycles. The van der Waals surface area contributed by atoms with Gasteiger partial charge in [0, 0.05) is 15.8 Å². The minimum atomic E-state index is -0.0684. The largest absolute Gasteiger partial charge is 0.376 e. The van der Waals surface area contributed by atoms with Crippen molar-refractivity contribution in [3.05, 3.63) is 59.1 Å². The molecule has 0 atom stereocenters. The molecule has 0 fully saturated rings. The number of rotatable bonds is 4. The van der Waals surface area contributed by atoms with E-state index in [0.29, 0.717) is 0 Å². The average molecular weight is 305 g/mol. The van der Waals surface area contributed by atoms with Crippen molar-refractivity contribution in [2.75, 3.05) is 17.2 Å². The van der Waals surface area contributed by atoms with Crippen molar-refractivity contribution in [1.82, 2.24) is 0 Å². The summed E-state index contributed by atoms with van der Waals surface area (Å²) in [6.07, 6.45) is 0. The number of para-hydroxylation sites is 1. The van der Waals surface area contributed by atoms with Crippen LogP contribution >= 0.6 is 15.9 Å². The number of hydrogen-bond acceptors (Lipinski definition) is 2. The van der Waals surface area contributed by atoms with Crippen LogP contribution in [-0.2, 0) is 4.79 Å². The van der Waals surface area contributed by atoms with E-state index in [1.165, 1.54) is 0 Å². The second-order valence-corrected chi connectivity index (χ2v) is 4.69. The van der Waals surface area contributed by atoms with E-state index in [-0.39, 0.29) is 12.5 Å². The highest BCUT2D eigenvalue weighted by Gasteiger charge is 2.01. The number of nitrogens with one attached hydrogen (secondary N) is 2. The highest BCUT2D eigenvalue weighted by molar-refractivity contribution is 9.10. The van der Waals surface area contributed by atoms with Crippen LogP contribution in [0.25, 0.3) is 0 Å². The number of benzene rings is 2. The smallest absolute Gasteiger partial charge is 0.243 e. The van der Waals surface area contributed by atoms with E-state index in [1.54, 1.807) is 0 Å². The molecule has 0 saturated carbocycles. The molecule has 0 heterocycles. The summed E-state index contributed by atoms with van der Waals surface area (Å²) in [4.78, 5) is 11.7. The lowest BCUT2D eigenvalue weighted by Gasteiger charge is -2.07. The molecule has 3 nitrogen and oxygen atoms in total. The SMILES string of the molecule is O=C(CNc1cccc(Br)c1)Nc1ccccc1. The Balaban J connectivity index is 1.85. The molecule has 0 saturated heterocycles. The molecule has 0 aliphatic carbocycles. The highest BCUT2D eigenvalue weighted by Crippen LogP contribution is 2.15. The second kappa shape index (κ2) is 6.21. The second-order valence-electron chi connectivity index (χ2n) is 3.78. The summed E-state index contributed by atoms with van der Waals surface area (Å²) in [5.74, 6) is -0.0684. The first-order valence-electron chi connectivity index (χ1n) is 5.58. The van der Waals surface area contributed by atoms with Crippen molar-refractivity contribution in [3.63, 3.8) is 0 Å². The zero-order valence-corrected chi connectivity index (χ0v) is 11.3. The molecule has 2 N–H and O–H groups in total. The van der Waals surface area contributed by atoms with Crippen molar-refractivity contribution >= 4 is 33.2 Å². The summed E-state index contributed by atoms with van der Waals surface area (Å²) in [6, 6.07) is 17.1. The fourth-order valence-electron chi connectivity index (χ4n) is 1.51. The summed E-state index contributed by atoms with van der Waals surface area (Å²) in [5, 5.41) is 5.88. The maximum Gasteiger partial charge on any atom is 0.243 e. The number of hydrogen-bond donors (Lipinski definition) is 2. The first kappa shape index (κ1) is 12.6. The predicted molar refractivity (Wildman–Crippen MR) is 77.7 cm³/mol. The first-order chi connectivity index (χ1) is 8.74. The Morgan fingerprint density at radius 2 is 1.72 bits per heavy atom. The maximum atomic E-state index is 11.7. The van der Waals surface area contributed by atoms with Gasteiger partial charge in [-0.1, -0.05) is 40.2 Å². The molecule has 0 spiro atoms. The van der Waals surface area contributed by atoms with Crippen molar-refractivity contribution in [2.45, 2.75) is 0 Å². The number of carbonyl (C=O) groups is 1. The normalized spacial score (nSPS) is 9.83. The van der Waals surface area contributed by atoms with Crippen LogP contribution in [-0.4, -0.2) is 12.5 Å². The maximum absolute atomic E-state index is 11.7. The van der Waals surface area contributed by atoms with Gasteiger partial charge in [0.1, 0.15) is 0 Å². The van der Waals surface area contributed by atoms with Crippen LogP contribution in [0.4, 0.5) is 11.4 Å². The van der Waals surface area contributed by atoms with Gasteiger partial charge in [0.2, 0.25) is 5.91 Å². The Kier molecular flexibility index (Phi) is 4.36. The molecule has 0 unspecified atom stereocenters. The van der Waals surface area contributed by atoms with Gasteiger partial charge in [-0.2, -0.15) is 0 Å². The summed E-state index contributed by atoms with van der Waals surface area (Å²) < 4.78 is 0.982. The molecule has 0 radical (unpaired) electrons. The summed E-state index contributed by atoms with van der Waals surface area (Å²) in [5.41, 5.74) is 1.71. The number of halogens is 1. The lowest BCUT2D eigenvalue weighted by molar-refractivity contribution is -0.114. The molecule has 2 aromatic rings. The molecule has 18 heavy (non-hydrogen) atoms. The molecule has 4 heteroatoms. The van der Waals surface area contributed by atoms with Crippen LogP contribution in [0.3, 0.4) is 0 Å². The van der Waals surface area contributed by atoms with E-state index >= 15 is 0 Å². The Labute approximate surface area is 114 Å². The molecular formula is C14H13BrN2O. The minimum absolute atomic E-state index is 0.0684. The van der Waals surface area contributed by atoms with Crippen molar-refractivity contribution in [2.24, 2.45) is 0 Å². The summed E-state index contributed by atoms with van der Waals surface area (Å²) >= 11 is 3.38. The molecule has 0 aliphatic rings. The molecule has 1 amide bonds. The van der Waals surface area contributed by atoms with Gasteiger partial charge in [-0.15, -0.1) is 0 Å². The quantitative estimate of drug-likeness (QED) is 0.907. The van der Waals surface area contributed by atoms with Gasteiger partial charge in [-0.3, -0.25) is 4.79 Å². The van der Waals surface area contributed by atoms with Crippen LogP contribution < -0.4 is 10.6 Å². The van der Waals surface area contributed by atoms with Gasteiger partial charge in [0.15, 0.2) is 0 Å². The van der Waals surface area contributed by atoms with Gasteiger partial charge in [0.25, 0.3) is 0 Å². The molecule has 92 valence electrons. The van der Waals surface area contributed by atoms with E-state index in [9.17, 15) is 4.79 Å². The number of carbonyl (C=O) groups excluding carboxylic acids is 1. The third kappa shape index (κ3) is 3.89. The van der Waals surface area contributed by atoms with Gasteiger partial charge < -0.3 is 10.6 Å². The Morgan fingerprint density at radius 1 is 1.00 bits per heavy atom. The van der Waals surface area contributed by atoms with Crippen LogP contribution in [0.2, 0.25) is 0 Å². The predicted octanol–water partition coefficient (Wildman–Crippen LogP) is 3.50. The van der Waals surface area contributed by atoms with Gasteiger partial charge in [0.05, 0.1) is 6.54 Å². The fourth-order valence-corrected chi connectivity index (χ4v) is 1.91. The Hall–Kier alpha value is -1.81. The lowest BCUT2D eigenvalue weighted by Crippen LogP contribution is -2.21. The van der Waals surface area contributed by atoms with Crippen molar-refractivity contribution < 1.29 is 4.79 Å². The van der Waals surface area contributed by atoms with Crippen LogP contribution in [0.1, 0.15) is 0 Å². The van der Waals surface area contributed by atoms with Crippen molar-refractivity contribution in [3.8, 4) is 0 Å². The molecule has 2 aromatic carbocycles. The highest BCUT2D eigenvalue weighted by atomic mass is 79.9. The molecule has 2 rings (SSSR count). The monoisotopic (exact) mass is 304 g/mol. The Morgan fingerprint density at radius 3 is 2.44 bits per heavy atom. The average Bonchev–Trinajstić information content (AvgIpc) is 2.38. The van der Waals surface area contributed by atoms with Crippen LogP contribution in [0.15, 0.2) is 59.1 Å². The van der Waals surface area contributed by atoms with Crippen molar-refractivity contribution in [1.29, 1.82) is 0 Å². The number of amides is 1.